The molecule has 0 saturated carbocycles. The topological polar surface area (TPSA) is 76.4 Å². The van der Waals surface area contributed by atoms with Gasteiger partial charge in [0, 0.05) is 11.1 Å². The van der Waals surface area contributed by atoms with Gasteiger partial charge >= 0.3 is 0 Å². The van der Waals surface area contributed by atoms with E-state index in [1.165, 1.54) is 33.8 Å². The summed E-state index contributed by atoms with van der Waals surface area (Å²) < 4.78 is 29.6. The molecule has 37 heavy (non-hydrogen) atoms. The highest BCUT2D eigenvalue weighted by Gasteiger charge is 2.30. The fourth-order valence-corrected chi connectivity index (χ4v) is 6.70. The molecule has 1 aliphatic rings. The number of hydrogen-bond acceptors (Lipinski definition) is 4. The number of aryl methyl sites for hydroxylation is 1. The van der Waals surface area contributed by atoms with Crippen molar-refractivity contribution < 1.29 is 18.3 Å². The highest BCUT2D eigenvalue weighted by Crippen LogP contribution is 2.37. The van der Waals surface area contributed by atoms with Crippen LogP contribution in [-0.2, 0) is 14.8 Å². The lowest BCUT2D eigenvalue weighted by atomic mass is 9.89. The Morgan fingerprint density at radius 3 is 1.81 bits per heavy atom. The van der Waals surface area contributed by atoms with Crippen LogP contribution in [-0.4, -0.2) is 28.9 Å². The SMILES string of the molecule is CC1(O)C=CC(=O)C=C1.Cc1cc2ccccc2n1S(=O)(=O)c1c(C(C)C)cc(C(C)C)cc1C(C)C. The Bertz CT molecular complexity index is 1420. The lowest BCUT2D eigenvalue weighted by Gasteiger charge is -2.23. The molecule has 1 N–H and O–H groups in total. The van der Waals surface area contributed by atoms with Gasteiger partial charge in [0.2, 0.25) is 0 Å². The first-order valence-electron chi connectivity index (χ1n) is 12.8. The maximum atomic E-state index is 14.0. The molecule has 0 bridgehead atoms. The van der Waals surface area contributed by atoms with Gasteiger partial charge in [0.25, 0.3) is 10.0 Å². The van der Waals surface area contributed by atoms with Crippen molar-refractivity contribution in [3.8, 4) is 0 Å². The summed E-state index contributed by atoms with van der Waals surface area (Å²) in [7, 11) is -3.73. The quantitative estimate of drug-likeness (QED) is 0.393. The van der Waals surface area contributed by atoms with E-state index in [-0.39, 0.29) is 17.6 Å². The van der Waals surface area contributed by atoms with E-state index in [9.17, 15) is 13.2 Å². The summed E-state index contributed by atoms with van der Waals surface area (Å²) in [5.41, 5.74) is 3.56. The van der Waals surface area contributed by atoms with E-state index in [2.05, 4.69) is 53.7 Å². The number of para-hydroxylation sites is 1. The third kappa shape index (κ3) is 6.13. The fraction of sp³-hybridized carbons (Fsp3) is 0.387. The van der Waals surface area contributed by atoms with Gasteiger partial charge in [0.1, 0.15) is 0 Å². The Balaban J connectivity index is 0.000000356. The van der Waals surface area contributed by atoms with Crippen LogP contribution in [0.3, 0.4) is 0 Å². The third-order valence-electron chi connectivity index (χ3n) is 6.59. The lowest BCUT2D eigenvalue weighted by Crippen LogP contribution is -2.20. The van der Waals surface area contributed by atoms with Gasteiger partial charge in [0.15, 0.2) is 5.78 Å². The molecule has 0 fully saturated rings. The molecule has 0 spiro atoms. The largest absolute Gasteiger partial charge is 0.382 e. The number of ketones is 1. The van der Waals surface area contributed by atoms with Gasteiger partial charge in [-0.15, -0.1) is 0 Å². The second-order valence-electron chi connectivity index (χ2n) is 10.9. The molecular formula is C31H39NO4S. The summed E-state index contributed by atoms with van der Waals surface area (Å²) in [5.74, 6) is 0.508. The second-order valence-corrected chi connectivity index (χ2v) is 12.6. The average Bonchev–Trinajstić information content (AvgIpc) is 3.16. The van der Waals surface area contributed by atoms with Gasteiger partial charge in [-0.3, -0.25) is 4.79 Å². The molecular weight excluding hydrogens is 482 g/mol. The molecule has 5 nitrogen and oxygen atoms in total. The molecule has 4 rings (SSSR count). The van der Waals surface area contributed by atoms with Crippen molar-refractivity contribution in [1.82, 2.24) is 3.97 Å². The van der Waals surface area contributed by atoms with Crippen LogP contribution in [0.4, 0.5) is 0 Å². The smallest absolute Gasteiger partial charge is 0.268 e. The van der Waals surface area contributed by atoms with E-state index in [4.69, 9.17) is 5.11 Å². The predicted octanol–water partition coefficient (Wildman–Crippen LogP) is 6.99. The van der Waals surface area contributed by atoms with Crippen molar-refractivity contribution >= 4 is 26.7 Å². The monoisotopic (exact) mass is 521 g/mol. The lowest BCUT2D eigenvalue weighted by molar-refractivity contribution is -0.110. The summed E-state index contributed by atoms with van der Waals surface area (Å²) in [4.78, 5) is 10.9. The molecule has 1 aromatic heterocycles. The maximum Gasteiger partial charge on any atom is 0.268 e. The van der Waals surface area contributed by atoms with Crippen LogP contribution in [0.5, 0.6) is 0 Å². The van der Waals surface area contributed by atoms with Crippen LogP contribution < -0.4 is 0 Å². The summed E-state index contributed by atoms with van der Waals surface area (Å²) in [6.45, 7) is 16.1. The highest BCUT2D eigenvalue weighted by atomic mass is 32.2. The zero-order valence-electron chi connectivity index (χ0n) is 23.1. The molecule has 198 valence electrons. The minimum atomic E-state index is -3.73. The molecule has 0 unspecified atom stereocenters. The Kier molecular flexibility index (Phi) is 8.35. The molecule has 0 atom stereocenters. The summed E-state index contributed by atoms with van der Waals surface area (Å²) in [6.07, 6.45) is 5.66. The molecule has 0 saturated heterocycles. The van der Waals surface area contributed by atoms with Crippen LogP contribution in [0.2, 0.25) is 0 Å². The Hall–Kier alpha value is -2.96. The van der Waals surface area contributed by atoms with Gasteiger partial charge in [-0.25, -0.2) is 12.4 Å². The van der Waals surface area contributed by atoms with Crippen LogP contribution in [0.25, 0.3) is 10.9 Å². The van der Waals surface area contributed by atoms with Gasteiger partial charge in [-0.1, -0.05) is 71.9 Å². The normalized spacial score (nSPS) is 15.1. The zero-order chi connectivity index (χ0) is 27.7. The number of allylic oxidation sites excluding steroid dienone is 2. The van der Waals surface area contributed by atoms with E-state index in [1.807, 2.05) is 37.3 Å². The van der Waals surface area contributed by atoms with Crippen molar-refractivity contribution in [2.24, 2.45) is 0 Å². The first-order chi connectivity index (χ1) is 17.2. The Morgan fingerprint density at radius 2 is 1.35 bits per heavy atom. The first kappa shape index (κ1) is 28.6. The standard InChI is InChI=1S/C24H31NO2S.C7H8O2/c1-15(2)20-13-21(16(3)4)24(22(14-20)17(5)6)28(26,27)25-18(7)12-19-10-8-9-11-23(19)25;1-7(9)4-2-6(8)3-5-7/h8-17H,1-7H3;2-5,9H,1H3. The minimum absolute atomic E-state index is 0.0680. The molecule has 3 aromatic rings. The maximum absolute atomic E-state index is 14.0. The third-order valence-corrected chi connectivity index (χ3v) is 8.54. The van der Waals surface area contributed by atoms with Gasteiger partial charge < -0.3 is 5.11 Å². The molecule has 1 heterocycles. The molecule has 6 heteroatoms. The Morgan fingerprint density at radius 1 is 0.838 bits per heavy atom. The van der Waals surface area contributed by atoms with E-state index in [0.29, 0.717) is 10.8 Å². The van der Waals surface area contributed by atoms with Gasteiger partial charge in [-0.05, 0) is 84.7 Å². The number of hydrogen-bond donors (Lipinski definition) is 1. The second kappa shape index (κ2) is 10.8. The number of benzene rings is 2. The van der Waals surface area contributed by atoms with Crippen LogP contribution >= 0.6 is 0 Å². The first-order valence-corrected chi connectivity index (χ1v) is 14.2. The number of aliphatic hydroxyl groups is 1. The van der Waals surface area contributed by atoms with E-state index in [0.717, 1.165) is 27.7 Å². The van der Waals surface area contributed by atoms with Crippen LogP contribution in [0.15, 0.2) is 71.7 Å². The van der Waals surface area contributed by atoms with Crippen molar-refractivity contribution in [3.05, 3.63) is 89.2 Å². The van der Waals surface area contributed by atoms with Crippen molar-refractivity contribution in [1.29, 1.82) is 0 Å². The van der Waals surface area contributed by atoms with Crippen LogP contribution in [0.1, 0.15) is 88.6 Å². The van der Waals surface area contributed by atoms with E-state index >= 15 is 0 Å². The number of carbonyl (C=O) groups is 1. The van der Waals surface area contributed by atoms with Gasteiger partial charge in [-0.2, -0.15) is 0 Å². The summed E-state index contributed by atoms with van der Waals surface area (Å²) in [6, 6.07) is 13.8. The van der Waals surface area contributed by atoms with Gasteiger partial charge in [0.05, 0.1) is 16.0 Å². The molecule has 1 aliphatic carbocycles. The number of nitrogens with zero attached hydrogens (tertiary/aromatic N) is 1. The van der Waals surface area contributed by atoms with Crippen molar-refractivity contribution in [2.45, 2.75) is 83.6 Å². The van der Waals surface area contributed by atoms with Crippen molar-refractivity contribution in [3.63, 3.8) is 0 Å². The number of fused-ring (bicyclic) bond motifs is 1. The predicted molar refractivity (Wildman–Crippen MR) is 152 cm³/mol. The molecule has 0 amide bonds. The number of carbonyl (C=O) groups excluding carboxylic acids is 1. The minimum Gasteiger partial charge on any atom is -0.382 e. The fourth-order valence-electron chi connectivity index (χ4n) is 4.48. The number of aromatic nitrogens is 1. The van der Waals surface area contributed by atoms with Crippen LogP contribution in [0, 0.1) is 6.92 Å². The van der Waals surface area contributed by atoms with Crippen molar-refractivity contribution in [2.75, 3.05) is 0 Å². The summed E-state index contributed by atoms with van der Waals surface area (Å²) >= 11 is 0. The zero-order valence-corrected chi connectivity index (χ0v) is 23.9. The number of rotatable bonds is 5. The average molecular weight is 522 g/mol. The highest BCUT2D eigenvalue weighted by molar-refractivity contribution is 7.90. The molecule has 0 aliphatic heterocycles. The summed E-state index contributed by atoms with van der Waals surface area (Å²) in [5, 5.41) is 10.1. The molecule has 2 aromatic carbocycles. The molecule has 0 radical (unpaired) electrons. The van der Waals surface area contributed by atoms with E-state index < -0.39 is 15.6 Å². The van der Waals surface area contributed by atoms with E-state index in [1.54, 1.807) is 6.92 Å². The Labute approximate surface area is 221 Å².